The molecule has 0 unspecified atom stereocenters. The lowest BCUT2D eigenvalue weighted by Crippen LogP contribution is -1.88. The van der Waals surface area contributed by atoms with Gasteiger partial charge < -0.3 is 0 Å². The Kier molecular flexibility index (Phi) is 4.48. The lowest BCUT2D eigenvalue weighted by Gasteiger charge is -2.02. The Morgan fingerprint density at radius 1 is 1.00 bits per heavy atom. The van der Waals surface area contributed by atoms with Gasteiger partial charge in [0.2, 0.25) is 0 Å². The molecule has 15 heavy (non-hydrogen) atoms. The van der Waals surface area contributed by atoms with E-state index in [2.05, 4.69) is 22.1 Å². The molecule has 2 aromatic rings. The summed E-state index contributed by atoms with van der Waals surface area (Å²) in [6.45, 7) is 6.02. The fourth-order valence-corrected chi connectivity index (χ4v) is 1.30. The van der Waals surface area contributed by atoms with Gasteiger partial charge in [-0.3, -0.25) is 0 Å². The van der Waals surface area contributed by atoms with Gasteiger partial charge in [-0.25, -0.2) is 9.97 Å². The number of aromatic nitrogens is 2. The van der Waals surface area contributed by atoms with Crippen LogP contribution < -0.4 is 0 Å². The van der Waals surface area contributed by atoms with E-state index in [1.54, 1.807) is 6.33 Å². The first-order valence-electron chi connectivity index (χ1n) is 5.20. The van der Waals surface area contributed by atoms with Crippen molar-refractivity contribution >= 4 is 0 Å². The Bertz CT molecular complexity index is 396. The second-order valence-corrected chi connectivity index (χ2v) is 2.92. The third kappa shape index (κ3) is 2.88. The van der Waals surface area contributed by atoms with Crippen molar-refractivity contribution in [3.8, 4) is 11.3 Å². The molecule has 1 aromatic carbocycles. The number of rotatable bonds is 1. The van der Waals surface area contributed by atoms with Crippen molar-refractivity contribution in [1.82, 2.24) is 9.97 Å². The number of aryl methyl sites for hydroxylation is 1. The Morgan fingerprint density at radius 2 is 1.67 bits per heavy atom. The molecule has 0 radical (unpaired) electrons. The zero-order valence-electron chi connectivity index (χ0n) is 9.44. The maximum atomic E-state index is 4.24. The SMILES string of the molecule is CC.Cc1cncnc1-c1ccccc1. The zero-order valence-corrected chi connectivity index (χ0v) is 9.44. The first kappa shape index (κ1) is 11.4. The van der Waals surface area contributed by atoms with Crippen LogP contribution in [0.15, 0.2) is 42.9 Å². The van der Waals surface area contributed by atoms with Gasteiger partial charge in [0.1, 0.15) is 6.33 Å². The fourth-order valence-electron chi connectivity index (χ4n) is 1.30. The van der Waals surface area contributed by atoms with Crippen molar-refractivity contribution in [2.75, 3.05) is 0 Å². The fraction of sp³-hybridized carbons (Fsp3) is 0.231. The van der Waals surface area contributed by atoms with Crippen LogP contribution in [0.3, 0.4) is 0 Å². The van der Waals surface area contributed by atoms with Crippen LogP contribution in [0.4, 0.5) is 0 Å². The standard InChI is InChI=1S/C11H10N2.C2H6/c1-9-7-12-8-13-11(9)10-5-3-2-4-6-10;1-2/h2-8H,1H3;1-2H3. The Balaban J connectivity index is 0.000000531. The summed E-state index contributed by atoms with van der Waals surface area (Å²) in [5, 5.41) is 0. The van der Waals surface area contributed by atoms with E-state index in [0.717, 1.165) is 16.8 Å². The summed E-state index contributed by atoms with van der Waals surface area (Å²) in [4.78, 5) is 8.20. The van der Waals surface area contributed by atoms with E-state index in [1.807, 2.05) is 45.2 Å². The first-order valence-corrected chi connectivity index (χ1v) is 5.20. The molecule has 0 spiro atoms. The molecule has 0 aliphatic carbocycles. The molecule has 2 heteroatoms. The highest BCUT2D eigenvalue weighted by molar-refractivity contribution is 5.61. The van der Waals surface area contributed by atoms with Gasteiger partial charge in [0, 0.05) is 11.8 Å². The summed E-state index contributed by atoms with van der Waals surface area (Å²) in [7, 11) is 0. The quantitative estimate of drug-likeness (QED) is 0.704. The number of nitrogens with zero attached hydrogens (tertiary/aromatic N) is 2. The smallest absolute Gasteiger partial charge is 0.116 e. The van der Waals surface area contributed by atoms with Gasteiger partial charge in [-0.15, -0.1) is 0 Å². The third-order valence-corrected chi connectivity index (χ3v) is 1.94. The number of benzene rings is 1. The summed E-state index contributed by atoms with van der Waals surface area (Å²) in [6.07, 6.45) is 3.41. The van der Waals surface area contributed by atoms with Gasteiger partial charge >= 0.3 is 0 Å². The number of hydrogen-bond donors (Lipinski definition) is 0. The zero-order chi connectivity index (χ0) is 11.1. The molecule has 0 amide bonds. The minimum Gasteiger partial charge on any atom is -0.245 e. The predicted molar refractivity (Wildman–Crippen MR) is 63.6 cm³/mol. The summed E-state index contributed by atoms with van der Waals surface area (Å²) in [5.41, 5.74) is 3.26. The Morgan fingerprint density at radius 3 is 2.27 bits per heavy atom. The topological polar surface area (TPSA) is 25.8 Å². The summed E-state index contributed by atoms with van der Waals surface area (Å²) < 4.78 is 0. The van der Waals surface area contributed by atoms with E-state index in [1.165, 1.54) is 0 Å². The lowest BCUT2D eigenvalue weighted by atomic mass is 10.1. The molecule has 0 saturated carbocycles. The second-order valence-electron chi connectivity index (χ2n) is 2.92. The van der Waals surface area contributed by atoms with Crippen molar-refractivity contribution in [2.24, 2.45) is 0 Å². The van der Waals surface area contributed by atoms with Crippen LogP contribution in [0.2, 0.25) is 0 Å². The summed E-state index contributed by atoms with van der Waals surface area (Å²) in [6, 6.07) is 10.1. The highest BCUT2D eigenvalue weighted by atomic mass is 14.8. The Labute approximate surface area is 91.0 Å². The average molecular weight is 200 g/mol. The van der Waals surface area contributed by atoms with Crippen LogP contribution in [0.25, 0.3) is 11.3 Å². The molecule has 1 heterocycles. The first-order chi connectivity index (χ1) is 7.38. The molecule has 0 saturated heterocycles. The molecule has 0 aliphatic rings. The molecule has 2 rings (SSSR count). The van der Waals surface area contributed by atoms with Gasteiger partial charge in [0.15, 0.2) is 0 Å². The van der Waals surface area contributed by atoms with Gasteiger partial charge in [-0.05, 0) is 12.5 Å². The van der Waals surface area contributed by atoms with E-state index in [0.29, 0.717) is 0 Å². The van der Waals surface area contributed by atoms with Crippen molar-refractivity contribution in [3.63, 3.8) is 0 Å². The summed E-state index contributed by atoms with van der Waals surface area (Å²) in [5.74, 6) is 0. The van der Waals surface area contributed by atoms with E-state index >= 15 is 0 Å². The van der Waals surface area contributed by atoms with Crippen molar-refractivity contribution in [2.45, 2.75) is 20.8 Å². The van der Waals surface area contributed by atoms with E-state index in [-0.39, 0.29) is 0 Å². The lowest BCUT2D eigenvalue weighted by molar-refractivity contribution is 1.13. The molecule has 0 N–H and O–H groups in total. The molecule has 0 fully saturated rings. The maximum absolute atomic E-state index is 4.24. The number of hydrogen-bond acceptors (Lipinski definition) is 2. The van der Waals surface area contributed by atoms with Crippen LogP contribution in [0.5, 0.6) is 0 Å². The van der Waals surface area contributed by atoms with Crippen LogP contribution in [-0.4, -0.2) is 9.97 Å². The third-order valence-electron chi connectivity index (χ3n) is 1.94. The van der Waals surface area contributed by atoms with Crippen molar-refractivity contribution in [3.05, 3.63) is 48.4 Å². The molecule has 0 bridgehead atoms. The van der Waals surface area contributed by atoms with Crippen LogP contribution in [0, 0.1) is 6.92 Å². The van der Waals surface area contributed by atoms with Crippen LogP contribution >= 0.6 is 0 Å². The molecular weight excluding hydrogens is 184 g/mol. The minimum absolute atomic E-state index is 1.01. The average Bonchev–Trinajstić information content (AvgIpc) is 2.33. The normalized spacial score (nSPS) is 9.00. The molecule has 78 valence electrons. The molecule has 2 nitrogen and oxygen atoms in total. The van der Waals surface area contributed by atoms with Crippen molar-refractivity contribution < 1.29 is 0 Å². The van der Waals surface area contributed by atoms with E-state index < -0.39 is 0 Å². The predicted octanol–water partition coefficient (Wildman–Crippen LogP) is 3.48. The second kappa shape index (κ2) is 5.91. The largest absolute Gasteiger partial charge is 0.245 e. The molecular formula is C13H16N2. The molecule has 0 aliphatic heterocycles. The maximum Gasteiger partial charge on any atom is 0.116 e. The molecule has 0 atom stereocenters. The van der Waals surface area contributed by atoms with Gasteiger partial charge in [0.25, 0.3) is 0 Å². The van der Waals surface area contributed by atoms with Gasteiger partial charge in [0.05, 0.1) is 5.69 Å². The van der Waals surface area contributed by atoms with E-state index in [9.17, 15) is 0 Å². The van der Waals surface area contributed by atoms with Crippen LogP contribution in [-0.2, 0) is 0 Å². The Hall–Kier alpha value is -1.70. The van der Waals surface area contributed by atoms with Gasteiger partial charge in [-0.1, -0.05) is 44.2 Å². The highest BCUT2D eigenvalue weighted by Crippen LogP contribution is 2.18. The van der Waals surface area contributed by atoms with Gasteiger partial charge in [-0.2, -0.15) is 0 Å². The minimum atomic E-state index is 1.01. The van der Waals surface area contributed by atoms with Crippen LogP contribution in [0.1, 0.15) is 19.4 Å². The van der Waals surface area contributed by atoms with Crippen molar-refractivity contribution in [1.29, 1.82) is 0 Å². The monoisotopic (exact) mass is 200 g/mol. The van der Waals surface area contributed by atoms with E-state index in [4.69, 9.17) is 0 Å². The summed E-state index contributed by atoms with van der Waals surface area (Å²) >= 11 is 0. The highest BCUT2D eigenvalue weighted by Gasteiger charge is 2.00. The molecule has 1 aromatic heterocycles.